The number of para-hydroxylation sites is 2. The van der Waals surface area contributed by atoms with Crippen molar-refractivity contribution in [3.63, 3.8) is 0 Å². The molecule has 1 amide bonds. The van der Waals surface area contributed by atoms with Crippen LogP contribution in [0.4, 0.5) is 0 Å². The molecular formula is C24H25N3O6. The normalized spacial score (nSPS) is 19.2. The number of H-pyrrole nitrogens is 1. The van der Waals surface area contributed by atoms with Crippen LogP contribution in [0.25, 0.3) is 11.0 Å². The standard InChI is InChI=1S/C24H25N3O6/c28-8-3-9-30-23-12-16(15-6-7-19-20(10-15)32-14-31-19)11-21(33-23)24(29)25-13-22-26-17-4-1-2-5-18(17)27-22/h1-2,4-7,10-11,16,23,28H,3,8-9,12-14H2,(H,25,29)(H,26,27)/t16-,23+/m0/s1. The first-order chi connectivity index (χ1) is 16.2. The maximum atomic E-state index is 12.9. The average molecular weight is 451 g/mol. The van der Waals surface area contributed by atoms with Gasteiger partial charge < -0.3 is 34.4 Å². The van der Waals surface area contributed by atoms with E-state index in [0.717, 1.165) is 16.6 Å². The third-order valence-electron chi connectivity index (χ3n) is 5.57. The minimum atomic E-state index is -0.607. The van der Waals surface area contributed by atoms with E-state index in [-0.39, 0.29) is 37.5 Å². The number of aliphatic hydroxyl groups is 1. The maximum Gasteiger partial charge on any atom is 0.286 e. The molecule has 0 aliphatic carbocycles. The average Bonchev–Trinajstić information content (AvgIpc) is 3.48. The summed E-state index contributed by atoms with van der Waals surface area (Å²) in [4.78, 5) is 20.6. The number of imidazole rings is 1. The number of allylic oxidation sites excluding steroid dienone is 1. The van der Waals surface area contributed by atoms with Gasteiger partial charge in [0.15, 0.2) is 17.3 Å². The summed E-state index contributed by atoms with van der Waals surface area (Å²) in [6.07, 6.45) is 2.22. The van der Waals surface area contributed by atoms with Crippen LogP contribution in [0, 0.1) is 0 Å². The van der Waals surface area contributed by atoms with E-state index in [1.807, 2.05) is 42.5 Å². The van der Waals surface area contributed by atoms with Crippen LogP contribution in [0.3, 0.4) is 0 Å². The monoisotopic (exact) mass is 451 g/mol. The first kappa shape index (κ1) is 21.3. The molecule has 2 aliphatic heterocycles. The van der Waals surface area contributed by atoms with Gasteiger partial charge in [0.1, 0.15) is 5.82 Å². The van der Waals surface area contributed by atoms with Crippen molar-refractivity contribution in [2.75, 3.05) is 20.0 Å². The van der Waals surface area contributed by atoms with Gasteiger partial charge in [-0.3, -0.25) is 4.79 Å². The first-order valence-electron chi connectivity index (χ1n) is 10.9. The van der Waals surface area contributed by atoms with Gasteiger partial charge in [0.25, 0.3) is 5.91 Å². The predicted molar refractivity (Wildman–Crippen MR) is 118 cm³/mol. The number of rotatable bonds is 8. The molecule has 0 saturated carbocycles. The number of carbonyl (C=O) groups excluding carboxylic acids is 1. The number of carbonyl (C=O) groups is 1. The smallest absolute Gasteiger partial charge is 0.286 e. The van der Waals surface area contributed by atoms with Gasteiger partial charge in [0.05, 0.1) is 24.2 Å². The van der Waals surface area contributed by atoms with Crippen LogP contribution >= 0.6 is 0 Å². The van der Waals surface area contributed by atoms with E-state index in [9.17, 15) is 4.79 Å². The van der Waals surface area contributed by atoms with Gasteiger partial charge >= 0.3 is 0 Å². The van der Waals surface area contributed by atoms with Gasteiger partial charge in [-0.1, -0.05) is 18.2 Å². The summed E-state index contributed by atoms with van der Waals surface area (Å²) in [7, 11) is 0. The molecule has 33 heavy (non-hydrogen) atoms. The lowest BCUT2D eigenvalue weighted by molar-refractivity contribution is -0.147. The SMILES string of the molecule is O=C(NCc1nc2ccccc2[nH]1)C1=C[C@H](c2ccc3c(c2)OCO3)C[C@H](OCCCO)O1. The zero-order valence-corrected chi connectivity index (χ0v) is 18.0. The number of aliphatic hydroxyl groups excluding tert-OH is 1. The van der Waals surface area contributed by atoms with Crippen LogP contribution < -0.4 is 14.8 Å². The molecule has 5 rings (SSSR count). The molecule has 1 aromatic heterocycles. The maximum absolute atomic E-state index is 12.9. The van der Waals surface area contributed by atoms with Gasteiger partial charge in [0.2, 0.25) is 13.1 Å². The molecule has 0 spiro atoms. The van der Waals surface area contributed by atoms with Gasteiger partial charge in [0, 0.05) is 18.9 Å². The number of nitrogens with zero attached hydrogens (tertiary/aromatic N) is 1. The number of amides is 1. The lowest BCUT2D eigenvalue weighted by Gasteiger charge is -2.29. The largest absolute Gasteiger partial charge is 0.459 e. The van der Waals surface area contributed by atoms with Crippen LogP contribution in [0.1, 0.15) is 30.1 Å². The van der Waals surface area contributed by atoms with E-state index in [1.165, 1.54) is 0 Å². The second-order valence-corrected chi connectivity index (χ2v) is 7.86. The first-order valence-corrected chi connectivity index (χ1v) is 10.9. The lowest BCUT2D eigenvalue weighted by atomic mass is 9.92. The molecule has 0 saturated heterocycles. The van der Waals surface area contributed by atoms with E-state index < -0.39 is 6.29 Å². The highest BCUT2D eigenvalue weighted by Crippen LogP contribution is 2.38. The zero-order valence-electron chi connectivity index (χ0n) is 18.0. The molecule has 0 radical (unpaired) electrons. The van der Waals surface area contributed by atoms with Crippen LogP contribution in [0.5, 0.6) is 11.5 Å². The van der Waals surface area contributed by atoms with Crippen molar-refractivity contribution in [2.45, 2.75) is 31.6 Å². The zero-order chi connectivity index (χ0) is 22.6. The molecule has 0 fully saturated rings. The summed E-state index contributed by atoms with van der Waals surface area (Å²) in [5.41, 5.74) is 2.73. The lowest BCUT2D eigenvalue weighted by Crippen LogP contribution is -2.33. The van der Waals surface area contributed by atoms with Crippen LogP contribution in [-0.4, -0.2) is 47.3 Å². The van der Waals surface area contributed by atoms with Gasteiger partial charge in [-0.25, -0.2) is 4.98 Å². The Morgan fingerprint density at radius 2 is 2.09 bits per heavy atom. The van der Waals surface area contributed by atoms with Gasteiger partial charge in [-0.2, -0.15) is 0 Å². The molecule has 172 valence electrons. The van der Waals surface area contributed by atoms with Crippen LogP contribution in [0.2, 0.25) is 0 Å². The predicted octanol–water partition coefficient (Wildman–Crippen LogP) is 2.72. The number of hydrogen-bond donors (Lipinski definition) is 3. The number of fused-ring (bicyclic) bond motifs is 2. The second-order valence-electron chi connectivity index (χ2n) is 7.86. The number of nitrogens with one attached hydrogen (secondary N) is 2. The molecule has 2 aromatic carbocycles. The Balaban J connectivity index is 1.32. The fraction of sp³-hybridized carbons (Fsp3) is 0.333. The Morgan fingerprint density at radius 1 is 1.21 bits per heavy atom. The van der Waals surface area contributed by atoms with E-state index in [4.69, 9.17) is 24.1 Å². The third kappa shape index (κ3) is 4.79. The fourth-order valence-corrected chi connectivity index (χ4v) is 3.91. The molecule has 9 nitrogen and oxygen atoms in total. The topological polar surface area (TPSA) is 115 Å². The summed E-state index contributed by atoms with van der Waals surface area (Å²) < 4.78 is 22.5. The van der Waals surface area contributed by atoms with Crippen LogP contribution in [-0.2, 0) is 20.8 Å². The molecule has 3 heterocycles. The van der Waals surface area contributed by atoms with Crippen molar-refractivity contribution in [1.29, 1.82) is 0 Å². The third-order valence-corrected chi connectivity index (χ3v) is 5.57. The van der Waals surface area contributed by atoms with E-state index in [2.05, 4.69) is 15.3 Å². The summed E-state index contributed by atoms with van der Waals surface area (Å²) in [5, 5.41) is 11.9. The van der Waals surface area contributed by atoms with Gasteiger partial charge in [-0.05, 0) is 42.3 Å². The highest BCUT2D eigenvalue weighted by Gasteiger charge is 2.29. The minimum Gasteiger partial charge on any atom is -0.459 e. The van der Waals surface area contributed by atoms with E-state index in [0.29, 0.717) is 36.8 Å². The van der Waals surface area contributed by atoms with Crippen molar-refractivity contribution in [3.8, 4) is 11.5 Å². The Hall–Kier alpha value is -3.56. The highest BCUT2D eigenvalue weighted by atomic mass is 16.7. The number of benzene rings is 2. The molecule has 0 unspecified atom stereocenters. The van der Waals surface area contributed by atoms with Gasteiger partial charge in [-0.15, -0.1) is 0 Å². The Kier molecular flexibility index (Phi) is 6.14. The van der Waals surface area contributed by atoms with Crippen molar-refractivity contribution in [2.24, 2.45) is 0 Å². The number of ether oxygens (including phenoxy) is 4. The molecular weight excluding hydrogens is 426 g/mol. The number of hydrogen-bond acceptors (Lipinski definition) is 7. The number of aromatic nitrogens is 2. The van der Waals surface area contributed by atoms with E-state index >= 15 is 0 Å². The minimum absolute atomic E-state index is 0.0268. The summed E-state index contributed by atoms with van der Waals surface area (Å²) in [6.45, 7) is 0.797. The molecule has 3 N–H and O–H groups in total. The molecule has 2 aliphatic rings. The Bertz CT molecular complexity index is 1140. The van der Waals surface area contributed by atoms with Crippen LogP contribution in [0.15, 0.2) is 54.3 Å². The molecule has 2 atom stereocenters. The summed E-state index contributed by atoms with van der Waals surface area (Å²) in [5.74, 6) is 1.77. The summed E-state index contributed by atoms with van der Waals surface area (Å²) in [6, 6.07) is 13.4. The quantitative estimate of drug-likeness (QED) is 0.451. The van der Waals surface area contributed by atoms with Crippen molar-refractivity contribution in [3.05, 3.63) is 65.7 Å². The second kappa shape index (κ2) is 9.51. The number of aromatic amines is 1. The van der Waals surface area contributed by atoms with Crippen molar-refractivity contribution in [1.82, 2.24) is 15.3 Å². The Labute approximate surface area is 190 Å². The van der Waals surface area contributed by atoms with Crippen molar-refractivity contribution >= 4 is 16.9 Å². The molecule has 9 heteroatoms. The molecule has 3 aromatic rings. The highest BCUT2D eigenvalue weighted by molar-refractivity contribution is 5.91. The molecule has 0 bridgehead atoms. The fourth-order valence-electron chi connectivity index (χ4n) is 3.91. The summed E-state index contributed by atoms with van der Waals surface area (Å²) >= 11 is 0. The van der Waals surface area contributed by atoms with E-state index in [1.54, 1.807) is 6.08 Å². The Morgan fingerprint density at radius 3 is 2.97 bits per heavy atom. The van der Waals surface area contributed by atoms with Crippen molar-refractivity contribution < 1.29 is 28.8 Å².